The summed E-state index contributed by atoms with van der Waals surface area (Å²) in [7, 11) is -2.80. The maximum Gasteiger partial charge on any atom is 0.325 e. The van der Waals surface area contributed by atoms with Crippen molar-refractivity contribution >= 4 is 27.5 Å². The Morgan fingerprint density at radius 2 is 2.06 bits per heavy atom. The molecule has 0 aliphatic carbocycles. The van der Waals surface area contributed by atoms with Crippen LogP contribution in [0.2, 0.25) is 0 Å². The van der Waals surface area contributed by atoms with Crippen LogP contribution in [-0.4, -0.2) is 61.4 Å². The van der Waals surface area contributed by atoms with Crippen molar-refractivity contribution in [2.24, 2.45) is 0 Å². The number of pyridine rings is 1. The topological polar surface area (TPSA) is 126 Å². The summed E-state index contributed by atoms with van der Waals surface area (Å²) in [6, 6.07) is 6.53. The van der Waals surface area contributed by atoms with E-state index < -0.39 is 27.7 Å². The van der Waals surface area contributed by atoms with Gasteiger partial charge in [0.2, 0.25) is 10.0 Å². The van der Waals surface area contributed by atoms with Crippen LogP contribution in [0, 0.1) is 5.82 Å². The van der Waals surface area contributed by atoms with Crippen LogP contribution >= 0.6 is 0 Å². The predicted molar refractivity (Wildman–Crippen MR) is 108 cm³/mol. The lowest BCUT2D eigenvalue weighted by atomic mass is 10.0. The van der Waals surface area contributed by atoms with Crippen LogP contribution in [-0.2, 0) is 19.6 Å². The zero-order chi connectivity index (χ0) is 22.6. The molecule has 9 nitrogen and oxygen atoms in total. The number of ether oxygens (including phenoxy) is 1. The Balaban J connectivity index is 1.73. The number of nitrogens with one attached hydrogen (secondary N) is 1. The first-order chi connectivity index (χ1) is 14.7. The Kier molecular flexibility index (Phi) is 6.66. The summed E-state index contributed by atoms with van der Waals surface area (Å²) < 4.78 is 44.9. The number of carbonyl (C=O) groups excluding carboxylic acids is 2. The normalized spacial score (nSPS) is 14.6. The number of hydrogen-bond acceptors (Lipinski definition) is 7. The smallest absolute Gasteiger partial charge is 0.325 e. The first-order valence-electron chi connectivity index (χ1n) is 9.22. The van der Waals surface area contributed by atoms with Crippen molar-refractivity contribution in [3.8, 4) is 5.75 Å². The number of halogens is 1. The maximum absolute atomic E-state index is 13.9. The molecule has 11 heteroatoms. The fourth-order valence-corrected chi connectivity index (χ4v) is 4.48. The number of aromatic nitrogens is 1. The van der Waals surface area contributed by atoms with Gasteiger partial charge in [-0.05, 0) is 35.8 Å². The quantitative estimate of drug-likeness (QED) is 0.637. The van der Waals surface area contributed by atoms with E-state index >= 15 is 0 Å². The van der Waals surface area contributed by atoms with Gasteiger partial charge in [0.05, 0.1) is 7.11 Å². The number of carbonyl (C=O) groups is 2. The van der Waals surface area contributed by atoms with Gasteiger partial charge in [-0.1, -0.05) is 18.2 Å². The summed E-state index contributed by atoms with van der Waals surface area (Å²) in [5, 5.41) is 12.4. The zero-order valence-corrected chi connectivity index (χ0v) is 17.4. The highest BCUT2D eigenvalue weighted by Crippen LogP contribution is 2.29. The van der Waals surface area contributed by atoms with Gasteiger partial charge in [-0.25, -0.2) is 17.8 Å². The third-order valence-corrected chi connectivity index (χ3v) is 6.60. The Labute approximate surface area is 178 Å². The number of nitrogens with zero attached hydrogens (tertiary/aromatic N) is 2. The van der Waals surface area contributed by atoms with Gasteiger partial charge < -0.3 is 15.2 Å². The highest BCUT2D eigenvalue weighted by molar-refractivity contribution is 7.89. The second kappa shape index (κ2) is 9.23. The molecule has 2 heterocycles. The fourth-order valence-electron chi connectivity index (χ4n) is 3.04. The van der Waals surface area contributed by atoms with E-state index in [9.17, 15) is 27.5 Å². The van der Waals surface area contributed by atoms with Gasteiger partial charge in [0.15, 0.2) is 5.69 Å². The van der Waals surface area contributed by atoms with Crippen LogP contribution in [0.3, 0.4) is 0 Å². The molecule has 0 fully saturated rings. The Morgan fingerprint density at radius 3 is 2.68 bits per heavy atom. The van der Waals surface area contributed by atoms with E-state index in [1.54, 1.807) is 6.08 Å². The molecule has 2 aromatic rings. The molecule has 0 saturated heterocycles. The fraction of sp³-hybridized carbons (Fsp3) is 0.250. The van der Waals surface area contributed by atoms with Crippen LogP contribution in [0.1, 0.15) is 22.5 Å². The molecule has 3 rings (SSSR count). The van der Waals surface area contributed by atoms with E-state index in [1.165, 1.54) is 37.6 Å². The van der Waals surface area contributed by atoms with Crippen LogP contribution in [0.4, 0.5) is 4.39 Å². The minimum Gasteiger partial charge on any atom is -0.505 e. The van der Waals surface area contributed by atoms with Crippen molar-refractivity contribution in [3.05, 3.63) is 59.7 Å². The average molecular weight is 449 g/mol. The molecule has 164 valence electrons. The molecule has 31 heavy (non-hydrogen) atoms. The highest BCUT2D eigenvalue weighted by Gasteiger charge is 2.29. The zero-order valence-electron chi connectivity index (χ0n) is 16.5. The lowest BCUT2D eigenvalue weighted by Crippen LogP contribution is -2.35. The molecule has 0 saturated carbocycles. The molecule has 1 amide bonds. The van der Waals surface area contributed by atoms with Crippen LogP contribution in [0.25, 0.3) is 5.57 Å². The highest BCUT2D eigenvalue weighted by atomic mass is 32.2. The van der Waals surface area contributed by atoms with Gasteiger partial charge in [-0.2, -0.15) is 4.31 Å². The molecule has 0 atom stereocenters. The van der Waals surface area contributed by atoms with Gasteiger partial charge in [0, 0.05) is 19.3 Å². The summed E-state index contributed by atoms with van der Waals surface area (Å²) in [5.41, 5.74) is 0.988. The molecule has 0 unspecified atom stereocenters. The Morgan fingerprint density at radius 1 is 1.32 bits per heavy atom. The second-order valence-electron chi connectivity index (χ2n) is 6.62. The number of hydrogen-bond donors (Lipinski definition) is 2. The average Bonchev–Trinajstić information content (AvgIpc) is 2.77. The van der Waals surface area contributed by atoms with Crippen molar-refractivity contribution < 1.29 is 32.2 Å². The third kappa shape index (κ3) is 4.89. The Hall–Kier alpha value is -3.31. The second-order valence-corrected chi connectivity index (χ2v) is 8.53. The summed E-state index contributed by atoms with van der Waals surface area (Å²) in [4.78, 5) is 26.7. The van der Waals surface area contributed by atoms with Crippen molar-refractivity contribution in [1.29, 1.82) is 0 Å². The van der Waals surface area contributed by atoms with Gasteiger partial charge in [0.25, 0.3) is 5.91 Å². The lowest BCUT2D eigenvalue weighted by molar-refractivity contribution is -0.139. The number of benzene rings is 1. The monoisotopic (exact) mass is 449 g/mol. The van der Waals surface area contributed by atoms with Crippen molar-refractivity contribution in [3.63, 3.8) is 0 Å². The van der Waals surface area contributed by atoms with Crippen LogP contribution in [0.15, 0.2) is 47.5 Å². The van der Waals surface area contributed by atoms with Gasteiger partial charge in [0.1, 0.15) is 23.0 Å². The van der Waals surface area contributed by atoms with Gasteiger partial charge >= 0.3 is 5.97 Å². The number of aromatic hydroxyl groups is 1. The molecular weight excluding hydrogens is 429 g/mol. The van der Waals surface area contributed by atoms with E-state index in [4.69, 9.17) is 0 Å². The molecule has 2 N–H and O–H groups in total. The van der Waals surface area contributed by atoms with Gasteiger partial charge in [-0.3, -0.25) is 9.59 Å². The van der Waals surface area contributed by atoms with E-state index in [1.807, 2.05) is 0 Å². The molecule has 1 aliphatic rings. The van der Waals surface area contributed by atoms with E-state index in [0.717, 1.165) is 15.9 Å². The minimum absolute atomic E-state index is 0.0220. The molecular formula is C20H20FN3O6S. The van der Waals surface area contributed by atoms with Crippen molar-refractivity contribution in [1.82, 2.24) is 14.6 Å². The number of sulfonamides is 1. The number of esters is 1. The number of amides is 1. The van der Waals surface area contributed by atoms with Crippen molar-refractivity contribution in [2.45, 2.75) is 11.3 Å². The molecule has 1 aromatic heterocycles. The van der Waals surface area contributed by atoms with Crippen LogP contribution < -0.4 is 5.32 Å². The van der Waals surface area contributed by atoms with E-state index in [-0.39, 0.29) is 36.0 Å². The Bertz CT molecular complexity index is 1150. The standard InChI is InChI=1S/C20H20FN3O6S/c1-30-18(26)12-23-20(27)19-16(25)10-14(11-22-19)13-6-8-24(9-7-13)31(28,29)17-5-3-2-4-15(17)21/h2-6,10-11,25H,7-9,12H2,1H3,(H,23,27). The minimum atomic E-state index is -3.98. The molecule has 0 radical (unpaired) electrons. The first-order valence-corrected chi connectivity index (χ1v) is 10.7. The molecule has 0 spiro atoms. The first kappa shape index (κ1) is 22.4. The summed E-state index contributed by atoms with van der Waals surface area (Å²) >= 11 is 0. The number of rotatable bonds is 6. The van der Waals surface area contributed by atoms with E-state index in [2.05, 4.69) is 15.0 Å². The molecule has 1 aliphatic heterocycles. The summed E-state index contributed by atoms with van der Waals surface area (Å²) in [5.74, 6) is -2.59. The maximum atomic E-state index is 13.9. The molecule has 0 bridgehead atoms. The van der Waals surface area contributed by atoms with E-state index in [0.29, 0.717) is 12.0 Å². The molecule has 1 aromatic carbocycles. The summed E-state index contributed by atoms with van der Waals surface area (Å²) in [6.45, 7) is -0.228. The SMILES string of the molecule is COC(=O)CNC(=O)c1ncc(C2=CCN(S(=O)(=O)c3ccccc3F)CC2)cc1O. The lowest BCUT2D eigenvalue weighted by Gasteiger charge is -2.26. The van der Waals surface area contributed by atoms with Crippen molar-refractivity contribution in [2.75, 3.05) is 26.7 Å². The van der Waals surface area contributed by atoms with Gasteiger partial charge in [-0.15, -0.1) is 0 Å². The predicted octanol–water partition coefficient (Wildman–Crippen LogP) is 1.31. The summed E-state index contributed by atoms with van der Waals surface area (Å²) in [6.07, 6.45) is 3.33. The number of methoxy groups -OCH3 is 1. The van der Waals surface area contributed by atoms with Crippen LogP contribution in [0.5, 0.6) is 5.75 Å². The largest absolute Gasteiger partial charge is 0.505 e. The third-order valence-electron chi connectivity index (χ3n) is 4.70.